The van der Waals surface area contributed by atoms with Gasteiger partial charge in [-0.15, -0.1) is 0 Å². The average molecular weight is 557 g/mol. The lowest BCUT2D eigenvalue weighted by Gasteiger charge is -2.41. The predicted molar refractivity (Wildman–Crippen MR) is 133 cm³/mol. The van der Waals surface area contributed by atoms with E-state index in [1.54, 1.807) is 0 Å². The molecule has 3 nitrogen and oxygen atoms in total. The van der Waals surface area contributed by atoms with E-state index in [0.717, 1.165) is 57.1 Å². The van der Waals surface area contributed by atoms with Gasteiger partial charge in [0.05, 0.1) is 19.1 Å². The van der Waals surface area contributed by atoms with E-state index in [2.05, 4.69) is 6.92 Å². The van der Waals surface area contributed by atoms with Crippen molar-refractivity contribution < 1.29 is 40.6 Å². The summed E-state index contributed by atoms with van der Waals surface area (Å²) in [7, 11) is 0. The van der Waals surface area contributed by atoms with Crippen molar-refractivity contribution in [1.82, 2.24) is 0 Å². The van der Waals surface area contributed by atoms with Crippen molar-refractivity contribution in [2.75, 3.05) is 13.2 Å². The van der Waals surface area contributed by atoms with Gasteiger partial charge >= 0.3 is 6.11 Å². The summed E-state index contributed by atoms with van der Waals surface area (Å²) in [4.78, 5) is 0. The second-order valence-corrected chi connectivity index (χ2v) is 11.5. The maximum absolute atomic E-state index is 15.0. The lowest BCUT2D eigenvalue weighted by Crippen LogP contribution is -2.40. The third-order valence-electron chi connectivity index (χ3n) is 8.69. The lowest BCUT2D eigenvalue weighted by atomic mass is 9.69. The van der Waals surface area contributed by atoms with Gasteiger partial charge < -0.3 is 14.2 Å². The van der Waals surface area contributed by atoms with Gasteiger partial charge in [0.2, 0.25) is 0 Å². The van der Waals surface area contributed by atoms with Crippen LogP contribution in [-0.4, -0.2) is 25.6 Å². The minimum absolute atomic E-state index is 0.120. The number of hydrogen-bond acceptors (Lipinski definition) is 3. The Bertz CT molecular complexity index is 1110. The van der Waals surface area contributed by atoms with Crippen LogP contribution in [0.25, 0.3) is 11.1 Å². The molecule has 39 heavy (non-hydrogen) atoms. The summed E-state index contributed by atoms with van der Waals surface area (Å²) in [5.41, 5.74) is -0.502. The molecule has 2 aliphatic carbocycles. The number of ether oxygens (including phenoxy) is 3. The fraction of sp³-hybridized carbons (Fsp3) is 0.600. The predicted octanol–water partition coefficient (Wildman–Crippen LogP) is 8.50. The first-order chi connectivity index (χ1) is 18.6. The Morgan fingerprint density at radius 2 is 1.26 bits per heavy atom. The number of rotatable bonds is 6. The largest absolute Gasteiger partial charge is 0.432 e. The smallest absolute Gasteiger partial charge is 0.400 e. The zero-order valence-electron chi connectivity index (χ0n) is 21.9. The fourth-order valence-corrected chi connectivity index (χ4v) is 6.45. The monoisotopic (exact) mass is 556 g/mol. The fourth-order valence-electron chi connectivity index (χ4n) is 6.45. The molecule has 0 radical (unpaired) electrons. The highest BCUT2D eigenvalue weighted by atomic mass is 19.3. The third kappa shape index (κ3) is 6.40. The third-order valence-corrected chi connectivity index (χ3v) is 8.69. The van der Waals surface area contributed by atoms with Crippen molar-refractivity contribution in [3.05, 3.63) is 53.6 Å². The van der Waals surface area contributed by atoms with Crippen LogP contribution in [-0.2, 0) is 9.47 Å². The Balaban J connectivity index is 1.13. The summed E-state index contributed by atoms with van der Waals surface area (Å²) in [6, 6.07) is 4.26. The highest BCUT2D eigenvalue weighted by Crippen LogP contribution is 2.46. The Kier molecular flexibility index (Phi) is 8.48. The van der Waals surface area contributed by atoms with Gasteiger partial charge in [-0.1, -0.05) is 6.92 Å². The molecule has 0 aromatic heterocycles. The van der Waals surface area contributed by atoms with E-state index in [4.69, 9.17) is 14.2 Å². The molecule has 3 fully saturated rings. The van der Waals surface area contributed by atoms with Crippen LogP contribution >= 0.6 is 0 Å². The van der Waals surface area contributed by atoms with E-state index in [1.807, 2.05) is 0 Å². The van der Waals surface area contributed by atoms with Crippen molar-refractivity contribution in [2.45, 2.75) is 70.7 Å². The zero-order valence-corrected chi connectivity index (χ0v) is 21.9. The minimum Gasteiger partial charge on any atom is -0.432 e. The summed E-state index contributed by atoms with van der Waals surface area (Å²) >= 11 is 0. The molecule has 1 saturated heterocycles. The summed E-state index contributed by atoms with van der Waals surface area (Å²) in [5.74, 6) is -5.25. The molecule has 0 atom stereocenters. The van der Waals surface area contributed by atoms with Crippen LogP contribution < -0.4 is 4.74 Å². The second-order valence-electron chi connectivity index (χ2n) is 11.5. The van der Waals surface area contributed by atoms with Gasteiger partial charge in [-0.25, -0.2) is 17.6 Å². The van der Waals surface area contributed by atoms with Crippen molar-refractivity contribution in [3.63, 3.8) is 0 Å². The van der Waals surface area contributed by atoms with Crippen LogP contribution in [0, 0.1) is 52.9 Å². The van der Waals surface area contributed by atoms with Crippen molar-refractivity contribution in [1.29, 1.82) is 0 Å². The summed E-state index contributed by atoms with van der Waals surface area (Å²) in [6.45, 7) is 3.57. The standard InChI is InChI=1S/C30H34F6O3/c1-17-15-37-29(38-16-17)20-4-2-18(3-5-20)19-6-8-22(9-7-19)30(35,36)39-23-10-11-24(25(31)14-23)21-12-26(32)28(34)27(33)13-21/h10-14,17-20,22,29H,2-9,15-16H2,1H3. The Morgan fingerprint density at radius 3 is 1.82 bits per heavy atom. The molecular formula is C30H34F6O3. The number of alkyl halides is 2. The molecule has 2 aromatic rings. The van der Waals surface area contributed by atoms with E-state index in [1.165, 1.54) is 0 Å². The van der Waals surface area contributed by atoms with Gasteiger partial charge in [0.25, 0.3) is 0 Å². The molecule has 0 N–H and O–H groups in total. The molecule has 0 unspecified atom stereocenters. The number of halogens is 6. The molecule has 0 amide bonds. The van der Waals surface area contributed by atoms with Crippen LogP contribution in [0.5, 0.6) is 5.75 Å². The van der Waals surface area contributed by atoms with Gasteiger partial charge in [-0.05, 0) is 93.0 Å². The van der Waals surface area contributed by atoms with Crippen LogP contribution in [0.3, 0.4) is 0 Å². The quantitative estimate of drug-likeness (QED) is 0.264. The molecule has 1 aliphatic heterocycles. The van der Waals surface area contributed by atoms with Gasteiger partial charge in [0.1, 0.15) is 11.6 Å². The highest BCUT2D eigenvalue weighted by Gasteiger charge is 2.45. The average Bonchev–Trinajstić information content (AvgIpc) is 2.92. The van der Waals surface area contributed by atoms with Crippen LogP contribution in [0.4, 0.5) is 26.3 Å². The first kappa shape index (κ1) is 28.3. The van der Waals surface area contributed by atoms with Crippen LogP contribution in [0.15, 0.2) is 30.3 Å². The maximum atomic E-state index is 15.0. The molecule has 0 spiro atoms. The normalized spacial score (nSPS) is 30.2. The molecule has 2 saturated carbocycles. The van der Waals surface area contributed by atoms with E-state index in [-0.39, 0.29) is 23.2 Å². The van der Waals surface area contributed by atoms with Crippen molar-refractivity contribution in [3.8, 4) is 16.9 Å². The first-order valence-corrected chi connectivity index (χ1v) is 13.8. The lowest BCUT2D eigenvalue weighted by molar-refractivity contribution is -0.229. The Morgan fingerprint density at radius 1 is 0.718 bits per heavy atom. The van der Waals surface area contributed by atoms with E-state index in [9.17, 15) is 17.6 Å². The minimum atomic E-state index is -3.49. The summed E-state index contributed by atoms with van der Waals surface area (Å²) < 4.78 is 102. The van der Waals surface area contributed by atoms with Crippen LogP contribution in [0.1, 0.15) is 58.3 Å². The van der Waals surface area contributed by atoms with Gasteiger partial charge in [0.15, 0.2) is 23.7 Å². The number of hydrogen-bond donors (Lipinski definition) is 0. The first-order valence-electron chi connectivity index (χ1n) is 13.8. The zero-order chi connectivity index (χ0) is 27.7. The van der Waals surface area contributed by atoms with Gasteiger partial charge in [0, 0.05) is 23.5 Å². The van der Waals surface area contributed by atoms with E-state index in [0.29, 0.717) is 61.5 Å². The summed E-state index contributed by atoms with van der Waals surface area (Å²) in [6.07, 6.45) is 2.59. The van der Waals surface area contributed by atoms with E-state index >= 15 is 8.78 Å². The van der Waals surface area contributed by atoms with Crippen LogP contribution in [0.2, 0.25) is 0 Å². The number of benzene rings is 2. The maximum Gasteiger partial charge on any atom is 0.400 e. The topological polar surface area (TPSA) is 27.7 Å². The van der Waals surface area contributed by atoms with E-state index < -0.39 is 35.3 Å². The van der Waals surface area contributed by atoms with Gasteiger partial charge in [-0.2, -0.15) is 8.78 Å². The Labute approximate surface area is 224 Å². The molecule has 214 valence electrons. The van der Waals surface area contributed by atoms with Gasteiger partial charge in [-0.3, -0.25) is 0 Å². The highest BCUT2D eigenvalue weighted by molar-refractivity contribution is 5.65. The molecule has 3 aliphatic rings. The van der Waals surface area contributed by atoms with Crippen molar-refractivity contribution in [2.24, 2.45) is 29.6 Å². The second kappa shape index (κ2) is 11.7. The molecule has 9 heteroatoms. The molecule has 5 rings (SSSR count). The molecular weight excluding hydrogens is 522 g/mol. The summed E-state index contributed by atoms with van der Waals surface area (Å²) in [5, 5.41) is 0. The SMILES string of the molecule is CC1COC(C2CCC(C3CCC(C(F)(F)Oc4ccc(-c5cc(F)c(F)c(F)c5)c(F)c4)CC3)CC2)OC1. The Hall–Kier alpha value is -2.26. The molecule has 0 bridgehead atoms. The molecule has 1 heterocycles. The van der Waals surface area contributed by atoms with Crippen molar-refractivity contribution >= 4 is 0 Å². The molecule has 2 aromatic carbocycles.